The summed E-state index contributed by atoms with van der Waals surface area (Å²) in [5.74, 6) is -1.05. The predicted octanol–water partition coefficient (Wildman–Crippen LogP) is 6.58. The van der Waals surface area contributed by atoms with Crippen LogP contribution in [0.4, 0.5) is 8.78 Å². The van der Waals surface area contributed by atoms with E-state index in [1.807, 2.05) is 41.6 Å². The minimum Gasteiger partial charge on any atom is -0.361 e. The fraction of sp³-hybridized carbons (Fsp3) is 0.391. The fourth-order valence-corrected chi connectivity index (χ4v) is 8.63. The number of rotatable bonds is 13. The summed E-state index contributed by atoms with van der Waals surface area (Å²) in [6, 6.07) is 10.6. The Morgan fingerprint density at radius 1 is 0.773 bits per heavy atom. The lowest BCUT2D eigenvalue weighted by atomic mass is 10.1. The Balaban J connectivity index is 0.000000171. The zero-order valence-electron chi connectivity index (χ0n) is 38.0. The number of hydrogen-bond donors (Lipinski definition) is 5. The molecule has 2 amide bonds. The number of aromatic nitrogens is 10. The van der Waals surface area contributed by atoms with Gasteiger partial charge in [-0.05, 0) is 70.1 Å². The molecule has 8 aromatic rings. The van der Waals surface area contributed by atoms with Crippen molar-refractivity contribution in [2.45, 2.75) is 84.3 Å². The van der Waals surface area contributed by atoms with Crippen LogP contribution < -0.4 is 21.3 Å². The van der Waals surface area contributed by atoms with Gasteiger partial charge in [0.05, 0.1) is 46.6 Å². The van der Waals surface area contributed by atoms with Crippen LogP contribution in [0.3, 0.4) is 0 Å². The average molecular weight is 917 g/mol. The third-order valence-electron chi connectivity index (χ3n) is 11.5. The first-order chi connectivity index (χ1) is 31.6. The molecule has 344 valence electrons. The number of nitrogens with zero attached hydrogens (tertiary/aromatic N) is 9. The molecule has 0 radical (unpaired) electrons. The Hall–Kier alpha value is -6.48. The molecule has 2 aromatic carbocycles. The van der Waals surface area contributed by atoms with Crippen molar-refractivity contribution in [3.8, 4) is 22.8 Å². The first-order valence-electron chi connectivity index (χ1n) is 22.3. The normalized spacial score (nSPS) is 14.6. The topological polar surface area (TPSA) is 199 Å². The lowest BCUT2D eigenvalue weighted by Gasteiger charge is -2.27. The largest absolute Gasteiger partial charge is 0.361 e. The molecule has 0 atom stereocenters. The van der Waals surface area contributed by atoms with E-state index in [4.69, 9.17) is 24.9 Å². The first kappa shape index (κ1) is 44.7. The van der Waals surface area contributed by atoms with Crippen molar-refractivity contribution in [1.29, 1.82) is 0 Å². The van der Waals surface area contributed by atoms with Crippen LogP contribution in [-0.4, -0.2) is 114 Å². The van der Waals surface area contributed by atoms with E-state index in [0.717, 1.165) is 54.0 Å². The Bertz CT molecular complexity index is 3110. The number of benzene rings is 2. The first-order valence-corrected chi connectivity index (χ1v) is 26.0. The number of carbonyl (C=O) groups excluding carboxylic acids is 2. The molecular weight excluding hydrogens is 863 g/mol. The highest BCUT2D eigenvalue weighted by Crippen LogP contribution is 2.33. The third kappa shape index (κ3) is 9.05. The number of fused-ring (bicyclic) bond motifs is 4. The molecular formula is C46H54F2N14O3Si. The van der Waals surface area contributed by atoms with Gasteiger partial charge in [0.15, 0.2) is 11.3 Å². The van der Waals surface area contributed by atoms with E-state index in [0.29, 0.717) is 62.8 Å². The minimum absolute atomic E-state index is 0.00853. The molecule has 20 heteroatoms. The van der Waals surface area contributed by atoms with Gasteiger partial charge in [0.2, 0.25) is 0 Å². The molecule has 0 spiro atoms. The quantitative estimate of drug-likeness (QED) is 0.0619. The van der Waals surface area contributed by atoms with Crippen molar-refractivity contribution in [3.63, 3.8) is 0 Å². The number of amides is 2. The minimum atomic E-state index is -1.22. The van der Waals surface area contributed by atoms with E-state index in [-0.39, 0.29) is 54.3 Å². The summed E-state index contributed by atoms with van der Waals surface area (Å²) in [7, 11) is -1.22. The zero-order chi connectivity index (χ0) is 46.4. The van der Waals surface area contributed by atoms with Gasteiger partial charge in [-0.1, -0.05) is 19.6 Å². The summed E-state index contributed by atoms with van der Waals surface area (Å²) in [5, 5.41) is 23.4. The zero-order valence-corrected chi connectivity index (χ0v) is 39.0. The van der Waals surface area contributed by atoms with Crippen LogP contribution in [0.25, 0.3) is 66.9 Å². The maximum Gasteiger partial charge on any atom is 0.255 e. The van der Waals surface area contributed by atoms with Crippen molar-refractivity contribution < 1.29 is 23.1 Å². The van der Waals surface area contributed by atoms with E-state index in [1.54, 1.807) is 36.9 Å². The van der Waals surface area contributed by atoms with Crippen LogP contribution in [0.15, 0.2) is 61.2 Å². The maximum absolute atomic E-state index is 14.1. The van der Waals surface area contributed by atoms with Gasteiger partial charge < -0.3 is 35.6 Å². The lowest BCUT2D eigenvalue weighted by molar-refractivity contribution is 0.0890. The van der Waals surface area contributed by atoms with E-state index in [9.17, 15) is 18.4 Å². The molecule has 10 rings (SSSR count). The van der Waals surface area contributed by atoms with Gasteiger partial charge in [-0.25, -0.2) is 28.7 Å². The maximum atomic E-state index is 14.1. The summed E-state index contributed by atoms with van der Waals surface area (Å²) in [6.07, 6.45) is 6.65. The SMILES string of the molecule is CC(C)NC(=O)c1c[nH]c2ncc(-c3nn(C4CNC4)c4cc(F)ccc34)nc12.CC(C)NC(=O)c1cn(COCC[Si](C)(C)C)c2ncc(-c3nn(C4CNC4)c4cc(F)ccc34)nc12. The number of hydrogen-bond acceptors (Lipinski definition) is 11. The molecule has 0 unspecified atom stereocenters. The number of halogens is 2. The van der Waals surface area contributed by atoms with Crippen LogP contribution >= 0.6 is 0 Å². The number of carbonyl (C=O) groups is 2. The number of H-pyrrole nitrogens is 1. The number of nitrogens with one attached hydrogen (secondary N) is 5. The standard InChI is InChI=1S/C26H34FN7O2Si.C20H20FN7O/c1-16(2)30-26(35)20-14-33(15-36-8-9-37(3,4)5)25-24(20)31-21(13-29-25)23-19-7-6-17(27)10-22(19)34(32-23)18-11-28-12-18;1-10(2)25-20(29)14-8-23-19-18(14)26-15(9-24-19)17-13-4-3-11(21)5-16(13)28(27-17)12-6-22-7-12/h6-7,10,13-14,16,18,28H,8-9,11-12,15H2,1-5H3,(H,30,35);3-5,8-10,12,22H,6-7H2,1-2H3,(H,23,24)(H,25,29). The molecule has 2 saturated heterocycles. The second kappa shape index (κ2) is 18.1. The fourth-order valence-electron chi connectivity index (χ4n) is 7.88. The van der Waals surface area contributed by atoms with Crippen molar-refractivity contribution in [1.82, 2.24) is 70.3 Å². The van der Waals surface area contributed by atoms with E-state index in [2.05, 4.69) is 55.9 Å². The van der Waals surface area contributed by atoms with Crippen LogP contribution in [0.2, 0.25) is 25.7 Å². The van der Waals surface area contributed by atoms with Crippen LogP contribution in [0, 0.1) is 11.6 Å². The summed E-state index contributed by atoms with van der Waals surface area (Å²) < 4.78 is 39.5. The summed E-state index contributed by atoms with van der Waals surface area (Å²) in [5.41, 5.74) is 6.69. The molecule has 0 bridgehead atoms. The van der Waals surface area contributed by atoms with E-state index >= 15 is 0 Å². The molecule has 2 fully saturated rings. The second-order valence-electron chi connectivity index (χ2n) is 18.7. The van der Waals surface area contributed by atoms with Gasteiger partial charge in [0.25, 0.3) is 11.8 Å². The predicted molar refractivity (Wildman–Crippen MR) is 252 cm³/mol. The molecule has 8 heterocycles. The number of aromatic amines is 1. The van der Waals surface area contributed by atoms with Crippen molar-refractivity contribution in [2.24, 2.45) is 0 Å². The molecule has 66 heavy (non-hydrogen) atoms. The van der Waals surface area contributed by atoms with Crippen LogP contribution in [0.5, 0.6) is 0 Å². The van der Waals surface area contributed by atoms with Crippen molar-refractivity contribution >= 4 is 64.0 Å². The molecule has 17 nitrogen and oxygen atoms in total. The average Bonchev–Trinajstić information content (AvgIpc) is 4.00. The summed E-state index contributed by atoms with van der Waals surface area (Å²) in [4.78, 5) is 47.2. The van der Waals surface area contributed by atoms with Gasteiger partial charge in [-0.3, -0.25) is 19.0 Å². The highest BCUT2D eigenvalue weighted by atomic mass is 28.3. The molecule has 2 aliphatic rings. The summed E-state index contributed by atoms with van der Waals surface area (Å²) >= 11 is 0. The van der Waals surface area contributed by atoms with Gasteiger partial charge in [0.1, 0.15) is 52.2 Å². The Labute approximate surface area is 380 Å². The van der Waals surface area contributed by atoms with E-state index < -0.39 is 8.07 Å². The highest BCUT2D eigenvalue weighted by Gasteiger charge is 2.28. The van der Waals surface area contributed by atoms with Crippen LogP contribution in [-0.2, 0) is 11.5 Å². The highest BCUT2D eigenvalue weighted by molar-refractivity contribution is 6.76. The van der Waals surface area contributed by atoms with Gasteiger partial charge in [-0.15, -0.1) is 0 Å². The number of ether oxygens (including phenoxy) is 1. The molecule has 6 aromatic heterocycles. The molecule has 0 saturated carbocycles. The monoisotopic (exact) mass is 916 g/mol. The smallest absolute Gasteiger partial charge is 0.255 e. The van der Waals surface area contributed by atoms with Gasteiger partial charge in [0, 0.05) is 76.1 Å². The Morgan fingerprint density at radius 2 is 1.30 bits per heavy atom. The lowest BCUT2D eigenvalue weighted by Crippen LogP contribution is -2.43. The van der Waals surface area contributed by atoms with Gasteiger partial charge >= 0.3 is 0 Å². The summed E-state index contributed by atoms with van der Waals surface area (Å²) in [6.45, 7) is 18.6. The second-order valence-corrected chi connectivity index (χ2v) is 24.4. The van der Waals surface area contributed by atoms with Crippen molar-refractivity contribution in [2.75, 3.05) is 32.8 Å². The molecule has 2 aliphatic heterocycles. The Kier molecular flexibility index (Phi) is 12.2. The molecule has 5 N–H and O–H groups in total. The van der Waals surface area contributed by atoms with E-state index in [1.165, 1.54) is 24.3 Å². The van der Waals surface area contributed by atoms with Gasteiger partial charge in [-0.2, -0.15) is 10.2 Å². The Morgan fingerprint density at radius 3 is 1.82 bits per heavy atom. The van der Waals surface area contributed by atoms with Crippen molar-refractivity contribution in [3.05, 3.63) is 83.9 Å². The third-order valence-corrected chi connectivity index (χ3v) is 13.2. The molecule has 0 aliphatic carbocycles. The van der Waals surface area contributed by atoms with Crippen LogP contribution in [0.1, 0.15) is 60.5 Å².